The molecule has 2 aromatic rings. The van der Waals surface area contributed by atoms with E-state index in [0.29, 0.717) is 25.9 Å². The van der Waals surface area contributed by atoms with Crippen molar-refractivity contribution >= 4 is 29.1 Å². The number of rotatable bonds is 6. The fourth-order valence-corrected chi connectivity index (χ4v) is 4.12. The molecular weight excluding hydrogens is 390 g/mol. The maximum atomic E-state index is 12.1. The fourth-order valence-electron chi connectivity index (χ4n) is 4.12. The lowest BCUT2D eigenvalue weighted by Gasteiger charge is -2.26. The number of hydrogen-bond acceptors (Lipinski definition) is 3. The van der Waals surface area contributed by atoms with Crippen LogP contribution in [0, 0.1) is 0 Å². The first-order chi connectivity index (χ1) is 15.1. The lowest BCUT2D eigenvalue weighted by Crippen LogP contribution is -2.40. The normalized spacial score (nSPS) is 18.5. The summed E-state index contributed by atoms with van der Waals surface area (Å²) in [6, 6.07) is 16.0. The van der Waals surface area contributed by atoms with E-state index in [4.69, 9.17) is 4.99 Å². The molecule has 2 aromatic carbocycles. The molecule has 7 heteroatoms. The van der Waals surface area contributed by atoms with Crippen molar-refractivity contribution in [1.29, 1.82) is 0 Å². The summed E-state index contributed by atoms with van der Waals surface area (Å²) in [5.74, 6) is 1.07. The minimum atomic E-state index is 0.0454. The summed E-state index contributed by atoms with van der Waals surface area (Å²) in [6.45, 7) is 4.75. The van der Waals surface area contributed by atoms with Gasteiger partial charge in [-0.1, -0.05) is 30.3 Å². The zero-order valence-electron chi connectivity index (χ0n) is 17.9. The minimum absolute atomic E-state index is 0.0454. The van der Waals surface area contributed by atoms with E-state index < -0.39 is 0 Å². The Bertz CT molecular complexity index is 970. The lowest BCUT2D eigenvalue weighted by molar-refractivity contribution is -0.117. The average Bonchev–Trinajstić information content (AvgIpc) is 3.21. The lowest BCUT2D eigenvalue weighted by atomic mass is 9.90. The van der Waals surface area contributed by atoms with E-state index in [0.717, 1.165) is 48.0 Å². The molecule has 0 spiro atoms. The Labute approximate surface area is 182 Å². The van der Waals surface area contributed by atoms with Gasteiger partial charge in [0.05, 0.1) is 6.54 Å². The summed E-state index contributed by atoms with van der Waals surface area (Å²) in [6.07, 6.45) is 2.02. The molecule has 2 heterocycles. The molecule has 0 radical (unpaired) electrons. The molecule has 1 saturated heterocycles. The van der Waals surface area contributed by atoms with Crippen LogP contribution in [0.4, 0.5) is 11.4 Å². The summed E-state index contributed by atoms with van der Waals surface area (Å²) >= 11 is 0. The van der Waals surface area contributed by atoms with Gasteiger partial charge in [-0.05, 0) is 42.7 Å². The van der Waals surface area contributed by atoms with Gasteiger partial charge in [-0.3, -0.25) is 9.59 Å². The van der Waals surface area contributed by atoms with Crippen LogP contribution in [0.2, 0.25) is 0 Å². The van der Waals surface area contributed by atoms with E-state index in [1.54, 1.807) is 0 Å². The number of fused-ring (bicyclic) bond motifs is 1. The number of aliphatic imine (C=N–C) groups is 1. The Morgan fingerprint density at radius 3 is 2.68 bits per heavy atom. The molecule has 0 saturated carbocycles. The molecule has 0 aliphatic carbocycles. The standard InChI is InChI=1S/C24H29N5O2/c1-2-25-24(27-16-18-14-22(30)28-21-7-4-3-6-20(18)21)26-15-17-9-11-19(12-10-17)29-13-5-8-23(29)31/h3-4,6-7,9-12,18H,2,5,8,13-16H2,1H3,(H,28,30)(H2,25,26,27). The number of hydrogen-bond donors (Lipinski definition) is 3. The molecule has 2 aliphatic heterocycles. The van der Waals surface area contributed by atoms with Crippen LogP contribution < -0.4 is 20.9 Å². The number of carbonyl (C=O) groups excluding carboxylic acids is 2. The molecule has 7 nitrogen and oxygen atoms in total. The van der Waals surface area contributed by atoms with Gasteiger partial charge in [0.25, 0.3) is 0 Å². The highest BCUT2D eigenvalue weighted by Crippen LogP contribution is 2.31. The summed E-state index contributed by atoms with van der Waals surface area (Å²) in [5.41, 5.74) is 4.08. The van der Waals surface area contributed by atoms with Crippen LogP contribution in [0.5, 0.6) is 0 Å². The molecule has 31 heavy (non-hydrogen) atoms. The van der Waals surface area contributed by atoms with Crippen LogP contribution >= 0.6 is 0 Å². The van der Waals surface area contributed by atoms with Crippen molar-refractivity contribution < 1.29 is 9.59 Å². The molecule has 1 unspecified atom stereocenters. The SMILES string of the molecule is CCNC(=NCc1ccc(N2CCCC2=O)cc1)NCC1CC(=O)Nc2ccccc21. The number of para-hydroxylation sites is 1. The van der Waals surface area contributed by atoms with Gasteiger partial charge in [-0.15, -0.1) is 0 Å². The summed E-state index contributed by atoms with van der Waals surface area (Å²) in [7, 11) is 0. The van der Waals surface area contributed by atoms with Gasteiger partial charge in [-0.2, -0.15) is 0 Å². The predicted molar refractivity (Wildman–Crippen MR) is 123 cm³/mol. The molecule has 3 N–H and O–H groups in total. The molecule has 2 aliphatic rings. The van der Waals surface area contributed by atoms with Crippen molar-refractivity contribution in [3.8, 4) is 0 Å². The zero-order valence-corrected chi connectivity index (χ0v) is 17.9. The van der Waals surface area contributed by atoms with E-state index in [9.17, 15) is 9.59 Å². The van der Waals surface area contributed by atoms with Crippen LogP contribution in [0.1, 0.15) is 43.2 Å². The third kappa shape index (κ3) is 5.05. The van der Waals surface area contributed by atoms with Crippen molar-refractivity contribution in [2.75, 3.05) is 29.9 Å². The highest BCUT2D eigenvalue weighted by Gasteiger charge is 2.25. The van der Waals surface area contributed by atoms with Crippen molar-refractivity contribution in [1.82, 2.24) is 10.6 Å². The Kier molecular flexibility index (Phi) is 6.50. The number of guanidine groups is 1. The van der Waals surface area contributed by atoms with Crippen LogP contribution in [0.3, 0.4) is 0 Å². The molecule has 0 bridgehead atoms. The van der Waals surface area contributed by atoms with Crippen molar-refractivity contribution in [3.05, 3.63) is 59.7 Å². The van der Waals surface area contributed by atoms with Crippen LogP contribution in [0.25, 0.3) is 0 Å². The van der Waals surface area contributed by atoms with Crippen LogP contribution in [-0.2, 0) is 16.1 Å². The van der Waals surface area contributed by atoms with Crippen molar-refractivity contribution in [3.63, 3.8) is 0 Å². The van der Waals surface area contributed by atoms with E-state index >= 15 is 0 Å². The highest BCUT2D eigenvalue weighted by molar-refractivity contribution is 5.95. The number of benzene rings is 2. The molecule has 1 atom stereocenters. The second kappa shape index (κ2) is 9.64. The van der Waals surface area contributed by atoms with Crippen LogP contribution in [0.15, 0.2) is 53.5 Å². The number of nitrogens with one attached hydrogen (secondary N) is 3. The molecule has 1 fully saturated rings. The maximum Gasteiger partial charge on any atom is 0.227 e. The smallest absolute Gasteiger partial charge is 0.227 e. The van der Waals surface area contributed by atoms with Gasteiger partial charge in [-0.25, -0.2) is 4.99 Å². The van der Waals surface area contributed by atoms with E-state index in [2.05, 4.69) is 22.0 Å². The van der Waals surface area contributed by atoms with Crippen molar-refractivity contribution in [2.24, 2.45) is 4.99 Å². The maximum absolute atomic E-state index is 12.1. The predicted octanol–water partition coefficient (Wildman–Crippen LogP) is 2.99. The van der Waals surface area contributed by atoms with E-state index in [1.165, 1.54) is 0 Å². The molecule has 0 aromatic heterocycles. The largest absolute Gasteiger partial charge is 0.357 e. The first kappa shape index (κ1) is 20.9. The van der Waals surface area contributed by atoms with Gasteiger partial charge in [0.2, 0.25) is 11.8 Å². The van der Waals surface area contributed by atoms with Crippen molar-refractivity contribution in [2.45, 2.75) is 38.6 Å². The second-order valence-corrected chi connectivity index (χ2v) is 7.93. The fraction of sp³-hybridized carbons (Fsp3) is 0.375. The van der Waals surface area contributed by atoms with Gasteiger partial charge < -0.3 is 20.9 Å². The first-order valence-electron chi connectivity index (χ1n) is 10.9. The van der Waals surface area contributed by atoms with Gasteiger partial charge in [0.1, 0.15) is 0 Å². The summed E-state index contributed by atoms with van der Waals surface area (Å²) < 4.78 is 0. The van der Waals surface area contributed by atoms with E-state index in [-0.39, 0.29) is 17.7 Å². The zero-order chi connectivity index (χ0) is 21.6. The van der Waals surface area contributed by atoms with Gasteiger partial charge in [0.15, 0.2) is 5.96 Å². The molecule has 4 rings (SSSR count). The Morgan fingerprint density at radius 2 is 1.94 bits per heavy atom. The quantitative estimate of drug-likeness (QED) is 0.496. The minimum Gasteiger partial charge on any atom is -0.357 e. The molecule has 162 valence electrons. The number of nitrogens with zero attached hydrogens (tertiary/aromatic N) is 2. The summed E-state index contributed by atoms with van der Waals surface area (Å²) in [5, 5.41) is 9.60. The van der Waals surface area contributed by atoms with Crippen LogP contribution in [-0.4, -0.2) is 37.4 Å². The Morgan fingerprint density at radius 1 is 1.13 bits per heavy atom. The Balaban J connectivity index is 1.39. The molecule has 2 amide bonds. The third-order valence-electron chi connectivity index (χ3n) is 5.71. The van der Waals surface area contributed by atoms with Gasteiger partial charge >= 0.3 is 0 Å². The molecular formula is C24H29N5O2. The number of amides is 2. The van der Waals surface area contributed by atoms with Gasteiger partial charge in [0, 0.05) is 49.8 Å². The van der Waals surface area contributed by atoms with E-state index in [1.807, 2.05) is 54.3 Å². The third-order valence-corrected chi connectivity index (χ3v) is 5.71. The number of anilines is 2. The average molecular weight is 420 g/mol. The number of carbonyl (C=O) groups is 2. The first-order valence-corrected chi connectivity index (χ1v) is 10.9. The second-order valence-electron chi connectivity index (χ2n) is 7.93. The monoisotopic (exact) mass is 419 g/mol. The highest BCUT2D eigenvalue weighted by atomic mass is 16.2. The summed E-state index contributed by atoms with van der Waals surface area (Å²) in [4.78, 5) is 30.5. The topological polar surface area (TPSA) is 85.8 Å². The Hall–Kier alpha value is -3.35.